The number of halogens is 1. The van der Waals surface area contributed by atoms with E-state index in [9.17, 15) is 4.79 Å². The van der Waals surface area contributed by atoms with Gasteiger partial charge < -0.3 is 14.7 Å². The average Bonchev–Trinajstić information content (AvgIpc) is 3.32. The van der Waals surface area contributed by atoms with Crippen molar-refractivity contribution in [2.45, 2.75) is 19.8 Å². The van der Waals surface area contributed by atoms with Crippen molar-refractivity contribution in [2.75, 3.05) is 5.32 Å². The van der Waals surface area contributed by atoms with Crippen molar-refractivity contribution in [3.63, 3.8) is 0 Å². The number of benzene rings is 1. The van der Waals surface area contributed by atoms with Crippen LogP contribution >= 0.6 is 11.6 Å². The van der Waals surface area contributed by atoms with Crippen molar-refractivity contribution in [1.82, 2.24) is 15.0 Å². The maximum Gasteiger partial charge on any atom is 0.291 e. The average molecular weight is 381 g/mol. The lowest BCUT2D eigenvalue weighted by atomic mass is 10.2. The monoisotopic (exact) mass is 380 g/mol. The van der Waals surface area contributed by atoms with Gasteiger partial charge in [0.1, 0.15) is 5.82 Å². The molecule has 4 aromatic rings. The number of nitrogens with one attached hydrogen (secondary N) is 2. The highest BCUT2D eigenvalue weighted by atomic mass is 35.5. The molecule has 0 aliphatic heterocycles. The smallest absolute Gasteiger partial charge is 0.291 e. The van der Waals surface area contributed by atoms with E-state index in [1.165, 1.54) is 6.26 Å². The molecule has 1 aromatic carbocycles. The summed E-state index contributed by atoms with van der Waals surface area (Å²) in [6.07, 6.45) is 5.32. The molecule has 27 heavy (non-hydrogen) atoms. The second kappa shape index (κ2) is 7.25. The van der Waals surface area contributed by atoms with Crippen LogP contribution in [0.2, 0.25) is 5.02 Å². The normalized spacial score (nSPS) is 11.0. The number of carbonyl (C=O) groups is 1. The minimum atomic E-state index is -0.330. The first-order chi connectivity index (χ1) is 13.1. The van der Waals surface area contributed by atoms with Crippen molar-refractivity contribution in [2.24, 2.45) is 0 Å². The number of carbonyl (C=O) groups excluding carboxylic acids is 1. The number of aryl methyl sites for hydroxylation is 1. The Hall–Kier alpha value is -3.12. The lowest BCUT2D eigenvalue weighted by Gasteiger charge is -2.07. The fourth-order valence-corrected chi connectivity index (χ4v) is 3.09. The molecule has 3 heterocycles. The molecule has 1 amide bonds. The zero-order valence-corrected chi connectivity index (χ0v) is 15.4. The summed E-state index contributed by atoms with van der Waals surface area (Å²) in [5.74, 6) is 0.511. The summed E-state index contributed by atoms with van der Waals surface area (Å²) in [6, 6.07) is 10.5. The molecule has 0 bridgehead atoms. The zero-order valence-electron chi connectivity index (χ0n) is 14.6. The Labute approximate surface area is 160 Å². The van der Waals surface area contributed by atoms with Gasteiger partial charge in [-0.25, -0.2) is 9.97 Å². The minimum absolute atomic E-state index is 0.239. The van der Waals surface area contributed by atoms with E-state index in [1.807, 2.05) is 6.20 Å². The predicted molar refractivity (Wildman–Crippen MR) is 105 cm³/mol. The second-order valence-electron chi connectivity index (χ2n) is 6.18. The maximum atomic E-state index is 12.2. The number of aromatic nitrogens is 3. The van der Waals surface area contributed by atoms with E-state index in [1.54, 1.807) is 30.3 Å². The largest absolute Gasteiger partial charge is 0.459 e. The van der Waals surface area contributed by atoms with Gasteiger partial charge in [0, 0.05) is 17.4 Å². The van der Waals surface area contributed by atoms with Gasteiger partial charge in [0.2, 0.25) is 0 Å². The number of amides is 1. The molecule has 6 nitrogen and oxygen atoms in total. The van der Waals surface area contributed by atoms with Crippen molar-refractivity contribution in [1.29, 1.82) is 0 Å². The van der Waals surface area contributed by atoms with Gasteiger partial charge in [0.05, 0.1) is 16.8 Å². The molecule has 136 valence electrons. The predicted octanol–water partition coefficient (Wildman–Crippen LogP) is 5.08. The summed E-state index contributed by atoms with van der Waals surface area (Å²) in [5, 5.41) is 3.32. The quantitative estimate of drug-likeness (QED) is 0.506. The number of nitrogens with zero attached hydrogens (tertiary/aromatic N) is 2. The molecule has 0 saturated heterocycles. The fraction of sp³-hybridized carbons (Fsp3) is 0.150. The summed E-state index contributed by atoms with van der Waals surface area (Å²) in [4.78, 5) is 24.4. The van der Waals surface area contributed by atoms with E-state index in [4.69, 9.17) is 16.0 Å². The molecule has 2 N–H and O–H groups in total. The fourth-order valence-electron chi connectivity index (χ4n) is 2.88. The summed E-state index contributed by atoms with van der Waals surface area (Å²) >= 11 is 6.36. The van der Waals surface area contributed by atoms with Crippen LogP contribution in [0.1, 0.15) is 29.5 Å². The summed E-state index contributed by atoms with van der Waals surface area (Å²) < 4.78 is 5.11. The molecule has 0 spiro atoms. The van der Waals surface area contributed by atoms with Gasteiger partial charge in [-0.3, -0.25) is 4.79 Å². The van der Waals surface area contributed by atoms with Gasteiger partial charge in [0.25, 0.3) is 5.91 Å². The van der Waals surface area contributed by atoms with Crippen molar-refractivity contribution in [3.05, 3.63) is 65.2 Å². The molecule has 0 aliphatic carbocycles. The number of anilines is 1. The van der Waals surface area contributed by atoms with Crippen LogP contribution in [0.3, 0.4) is 0 Å². The van der Waals surface area contributed by atoms with E-state index >= 15 is 0 Å². The highest BCUT2D eigenvalue weighted by molar-refractivity contribution is 6.33. The zero-order chi connectivity index (χ0) is 18.8. The molecule has 0 radical (unpaired) electrons. The van der Waals surface area contributed by atoms with E-state index in [2.05, 4.69) is 33.3 Å². The molecule has 3 aromatic heterocycles. The first kappa shape index (κ1) is 17.3. The summed E-state index contributed by atoms with van der Waals surface area (Å²) in [6.45, 7) is 2.13. The first-order valence-electron chi connectivity index (χ1n) is 8.63. The summed E-state index contributed by atoms with van der Waals surface area (Å²) in [5.41, 5.74) is 3.92. The van der Waals surface area contributed by atoms with Crippen LogP contribution in [0.5, 0.6) is 0 Å². The number of aromatic amines is 1. The highest BCUT2D eigenvalue weighted by Gasteiger charge is 2.14. The van der Waals surface area contributed by atoms with E-state index in [0.717, 1.165) is 23.9 Å². The molecule has 0 saturated carbocycles. The van der Waals surface area contributed by atoms with Crippen LogP contribution in [0, 0.1) is 0 Å². The number of furan rings is 1. The Morgan fingerprint density at radius 1 is 1.30 bits per heavy atom. The number of imidazole rings is 1. The molecule has 7 heteroatoms. The number of hydrogen-bond donors (Lipinski definition) is 2. The summed E-state index contributed by atoms with van der Waals surface area (Å²) in [7, 11) is 0. The number of pyridine rings is 1. The molecular formula is C20H17ClN4O2. The van der Waals surface area contributed by atoms with Crippen LogP contribution in [0.4, 0.5) is 5.69 Å². The van der Waals surface area contributed by atoms with Crippen LogP contribution in [-0.4, -0.2) is 20.9 Å². The van der Waals surface area contributed by atoms with Crippen LogP contribution < -0.4 is 5.32 Å². The Morgan fingerprint density at radius 2 is 2.19 bits per heavy atom. The number of hydrogen-bond acceptors (Lipinski definition) is 4. The Morgan fingerprint density at radius 3 is 2.96 bits per heavy atom. The Balaban J connectivity index is 1.66. The third kappa shape index (κ3) is 3.57. The van der Waals surface area contributed by atoms with E-state index in [-0.39, 0.29) is 11.7 Å². The standard InChI is InChI=1S/C20H17ClN4O2/c1-2-4-12-9-16-19(22-11-12)25-18(24-16)14-10-13(6-7-15(14)21)23-20(26)17-5-3-8-27-17/h3,5-11H,2,4H2,1H3,(H,23,26)(H,22,24,25). The Bertz CT molecular complexity index is 1100. The van der Waals surface area contributed by atoms with Crippen molar-refractivity contribution >= 4 is 34.4 Å². The lowest BCUT2D eigenvalue weighted by molar-refractivity contribution is 0.0996. The minimum Gasteiger partial charge on any atom is -0.459 e. The SMILES string of the molecule is CCCc1cnc2nc(-c3cc(NC(=O)c4ccco4)ccc3Cl)[nH]c2c1. The Kier molecular flexibility index (Phi) is 4.64. The number of rotatable bonds is 5. The molecule has 0 aliphatic rings. The molecule has 0 fully saturated rings. The number of fused-ring (bicyclic) bond motifs is 1. The lowest BCUT2D eigenvalue weighted by Crippen LogP contribution is -2.10. The van der Waals surface area contributed by atoms with Gasteiger partial charge in [0.15, 0.2) is 11.4 Å². The van der Waals surface area contributed by atoms with Crippen LogP contribution in [-0.2, 0) is 6.42 Å². The van der Waals surface area contributed by atoms with Gasteiger partial charge in [-0.2, -0.15) is 0 Å². The topological polar surface area (TPSA) is 83.8 Å². The van der Waals surface area contributed by atoms with Gasteiger partial charge >= 0.3 is 0 Å². The second-order valence-corrected chi connectivity index (χ2v) is 6.58. The van der Waals surface area contributed by atoms with E-state index < -0.39 is 0 Å². The third-order valence-corrected chi connectivity index (χ3v) is 4.49. The van der Waals surface area contributed by atoms with Gasteiger partial charge in [-0.15, -0.1) is 0 Å². The van der Waals surface area contributed by atoms with E-state index in [0.29, 0.717) is 27.7 Å². The van der Waals surface area contributed by atoms with Crippen LogP contribution in [0.25, 0.3) is 22.6 Å². The third-order valence-electron chi connectivity index (χ3n) is 4.16. The molecule has 0 unspecified atom stereocenters. The van der Waals surface area contributed by atoms with Gasteiger partial charge in [-0.05, 0) is 48.4 Å². The molecular weight excluding hydrogens is 364 g/mol. The highest BCUT2D eigenvalue weighted by Crippen LogP contribution is 2.30. The number of H-pyrrole nitrogens is 1. The molecule has 0 atom stereocenters. The van der Waals surface area contributed by atoms with Crippen molar-refractivity contribution in [3.8, 4) is 11.4 Å². The first-order valence-corrected chi connectivity index (χ1v) is 9.01. The maximum absolute atomic E-state index is 12.2. The molecule has 4 rings (SSSR count). The van der Waals surface area contributed by atoms with Crippen LogP contribution in [0.15, 0.2) is 53.3 Å². The van der Waals surface area contributed by atoms with Crippen molar-refractivity contribution < 1.29 is 9.21 Å². The van der Waals surface area contributed by atoms with Gasteiger partial charge in [-0.1, -0.05) is 24.9 Å².